The van der Waals surface area contributed by atoms with E-state index in [9.17, 15) is 10.1 Å². The summed E-state index contributed by atoms with van der Waals surface area (Å²) in [7, 11) is 0. The Morgan fingerprint density at radius 1 is 1.14 bits per heavy atom. The lowest BCUT2D eigenvalue weighted by molar-refractivity contribution is -0.400. The molecule has 0 atom stereocenters. The van der Waals surface area contributed by atoms with Crippen molar-refractivity contribution >= 4 is 17.0 Å². The first kappa shape index (κ1) is 13.9. The van der Waals surface area contributed by atoms with Gasteiger partial charge in [-0.2, -0.15) is 0 Å². The van der Waals surface area contributed by atoms with E-state index >= 15 is 0 Å². The molecule has 1 heterocycles. The number of nitrogens with zero attached hydrogens (tertiary/aromatic N) is 1. The van der Waals surface area contributed by atoms with E-state index in [0.717, 1.165) is 34.0 Å². The van der Waals surface area contributed by atoms with Gasteiger partial charge in [0.25, 0.3) is 0 Å². The number of hydrogen-bond donors (Lipinski definition) is 1. The molecule has 0 saturated heterocycles. The van der Waals surface area contributed by atoms with Gasteiger partial charge in [0.05, 0.1) is 10.4 Å². The number of hydrogen-bond acceptors (Lipinski definition) is 3. The first-order valence-electron chi connectivity index (χ1n) is 6.82. The molecular weight excluding hydrogens is 280 g/mol. The van der Waals surface area contributed by atoms with Crippen molar-refractivity contribution in [3.05, 3.63) is 82.2 Å². The third-order valence-corrected chi connectivity index (χ3v) is 3.33. The summed E-state index contributed by atoms with van der Waals surface area (Å²) in [4.78, 5) is 13.1. The second kappa shape index (κ2) is 6.13. The summed E-state index contributed by atoms with van der Waals surface area (Å²) >= 11 is 0. The summed E-state index contributed by atoms with van der Waals surface area (Å²) in [5.41, 5.74) is 2.70. The van der Waals surface area contributed by atoms with Gasteiger partial charge >= 0.3 is 0 Å². The summed E-state index contributed by atoms with van der Waals surface area (Å²) in [6.45, 7) is 0.471. The number of nitro groups is 1. The summed E-state index contributed by atoms with van der Waals surface area (Å²) in [5, 5.41) is 11.4. The quantitative estimate of drug-likeness (QED) is 0.571. The second-order valence-electron chi connectivity index (χ2n) is 4.79. The molecule has 0 radical (unpaired) electrons. The molecule has 3 aromatic rings. The van der Waals surface area contributed by atoms with Gasteiger partial charge in [-0.25, -0.2) is 0 Å². The predicted octanol–water partition coefficient (Wildman–Crippen LogP) is 3.99. The number of aromatic amines is 1. The van der Waals surface area contributed by atoms with Gasteiger partial charge in [-0.1, -0.05) is 36.4 Å². The molecular formula is C17H14N2O3. The Kier molecular flexibility index (Phi) is 3.87. The Labute approximate surface area is 127 Å². The highest BCUT2D eigenvalue weighted by molar-refractivity contribution is 5.92. The second-order valence-corrected chi connectivity index (χ2v) is 4.79. The van der Waals surface area contributed by atoms with Gasteiger partial charge in [0.2, 0.25) is 6.20 Å². The molecule has 110 valence electrons. The van der Waals surface area contributed by atoms with Crippen LogP contribution in [0, 0.1) is 10.1 Å². The number of ether oxygens (including phenoxy) is 1. The van der Waals surface area contributed by atoms with Gasteiger partial charge in [-0.05, 0) is 23.3 Å². The highest BCUT2D eigenvalue weighted by atomic mass is 16.6. The normalized spacial score (nSPS) is 11.1. The van der Waals surface area contributed by atoms with Gasteiger partial charge in [-0.3, -0.25) is 10.1 Å². The van der Waals surface area contributed by atoms with Gasteiger partial charge in [0.15, 0.2) is 0 Å². The number of nitrogens with one attached hydrogen (secondary N) is 1. The highest BCUT2D eigenvalue weighted by Gasteiger charge is 2.07. The largest absolute Gasteiger partial charge is 0.487 e. The fourth-order valence-corrected chi connectivity index (χ4v) is 2.29. The van der Waals surface area contributed by atoms with E-state index in [1.54, 1.807) is 6.20 Å². The summed E-state index contributed by atoms with van der Waals surface area (Å²) in [6, 6.07) is 15.4. The van der Waals surface area contributed by atoms with E-state index in [2.05, 4.69) is 4.98 Å². The Morgan fingerprint density at radius 2 is 1.95 bits per heavy atom. The van der Waals surface area contributed by atoms with Crippen LogP contribution in [0.2, 0.25) is 0 Å². The van der Waals surface area contributed by atoms with Crippen molar-refractivity contribution in [1.82, 2.24) is 4.98 Å². The van der Waals surface area contributed by atoms with Crippen LogP contribution in [-0.4, -0.2) is 9.91 Å². The van der Waals surface area contributed by atoms with Crippen molar-refractivity contribution < 1.29 is 9.66 Å². The summed E-state index contributed by atoms with van der Waals surface area (Å²) < 4.78 is 5.86. The standard InChI is InChI=1S/C17H14N2O3/c20-19(21)11-9-14-6-7-16(17-15(14)8-10-18-17)22-12-13-4-2-1-3-5-13/h1-11,18H,12H2/b11-9+. The van der Waals surface area contributed by atoms with Gasteiger partial charge < -0.3 is 9.72 Å². The Bertz CT molecular complexity index is 822. The zero-order chi connectivity index (χ0) is 15.4. The number of benzene rings is 2. The van der Waals surface area contributed by atoms with E-state index in [-0.39, 0.29) is 0 Å². The van der Waals surface area contributed by atoms with Crippen LogP contribution in [0.4, 0.5) is 0 Å². The maximum absolute atomic E-state index is 10.5. The van der Waals surface area contributed by atoms with Crippen LogP contribution in [0.25, 0.3) is 17.0 Å². The lowest BCUT2D eigenvalue weighted by atomic mass is 10.1. The maximum atomic E-state index is 10.5. The molecule has 0 unspecified atom stereocenters. The molecule has 0 aliphatic rings. The molecule has 5 nitrogen and oxygen atoms in total. The smallest absolute Gasteiger partial charge is 0.235 e. The number of H-pyrrole nitrogens is 1. The van der Waals surface area contributed by atoms with Crippen molar-refractivity contribution in [1.29, 1.82) is 0 Å². The van der Waals surface area contributed by atoms with Crippen molar-refractivity contribution in [3.8, 4) is 5.75 Å². The molecule has 5 heteroatoms. The van der Waals surface area contributed by atoms with Crippen LogP contribution < -0.4 is 4.74 Å². The van der Waals surface area contributed by atoms with Crippen LogP contribution in [0.3, 0.4) is 0 Å². The number of rotatable bonds is 5. The molecule has 1 N–H and O–H groups in total. The molecule has 3 rings (SSSR count). The molecule has 0 bridgehead atoms. The molecule has 2 aromatic carbocycles. The van der Waals surface area contributed by atoms with Crippen LogP contribution in [0.15, 0.2) is 60.9 Å². The lowest BCUT2D eigenvalue weighted by Crippen LogP contribution is -1.96. The monoisotopic (exact) mass is 294 g/mol. The van der Waals surface area contributed by atoms with Crippen LogP contribution >= 0.6 is 0 Å². The average Bonchev–Trinajstić information content (AvgIpc) is 3.02. The van der Waals surface area contributed by atoms with Crippen molar-refractivity contribution in [2.75, 3.05) is 0 Å². The molecule has 0 spiro atoms. The molecule has 0 fully saturated rings. The van der Waals surface area contributed by atoms with Gasteiger partial charge in [0.1, 0.15) is 12.4 Å². The van der Waals surface area contributed by atoms with E-state index < -0.39 is 4.92 Å². The minimum Gasteiger partial charge on any atom is -0.487 e. The summed E-state index contributed by atoms with van der Waals surface area (Å²) in [5.74, 6) is 0.724. The highest BCUT2D eigenvalue weighted by Crippen LogP contribution is 2.28. The summed E-state index contributed by atoms with van der Waals surface area (Å²) in [6.07, 6.45) is 4.22. The van der Waals surface area contributed by atoms with Crippen LogP contribution in [-0.2, 0) is 6.61 Å². The molecule has 0 saturated carbocycles. The fourth-order valence-electron chi connectivity index (χ4n) is 2.29. The fraction of sp³-hybridized carbons (Fsp3) is 0.0588. The van der Waals surface area contributed by atoms with E-state index in [4.69, 9.17) is 4.74 Å². The lowest BCUT2D eigenvalue weighted by Gasteiger charge is -2.08. The van der Waals surface area contributed by atoms with E-state index in [0.29, 0.717) is 6.61 Å². The molecule has 0 amide bonds. The van der Waals surface area contributed by atoms with Crippen molar-refractivity contribution in [2.45, 2.75) is 6.61 Å². The molecule has 0 aliphatic heterocycles. The van der Waals surface area contributed by atoms with Crippen LogP contribution in [0.1, 0.15) is 11.1 Å². The van der Waals surface area contributed by atoms with Gasteiger partial charge in [-0.15, -0.1) is 0 Å². The minimum absolute atomic E-state index is 0.471. The molecule has 0 aliphatic carbocycles. The van der Waals surface area contributed by atoms with E-state index in [1.165, 1.54) is 6.08 Å². The predicted molar refractivity (Wildman–Crippen MR) is 85.1 cm³/mol. The number of aromatic nitrogens is 1. The Balaban J connectivity index is 1.87. The molecule has 1 aromatic heterocycles. The first-order valence-corrected chi connectivity index (χ1v) is 6.82. The average molecular weight is 294 g/mol. The number of fused-ring (bicyclic) bond motifs is 1. The minimum atomic E-state index is -0.474. The van der Waals surface area contributed by atoms with E-state index in [1.807, 2.05) is 48.5 Å². The van der Waals surface area contributed by atoms with Crippen molar-refractivity contribution in [3.63, 3.8) is 0 Å². The van der Waals surface area contributed by atoms with Crippen molar-refractivity contribution in [2.24, 2.45) is 0 Å². The van der Waals surface area contributed by atoms with Gasteiger partial charge in [0, 0.05) is 17.7 Å². The third kappa shape index (κ3) is 2.98. The van der Waals surface area contributed by atoms with Crippen LogP contribution in [0.5, 0.6) is 5.75 Å². The Morgan fingerprint density at radius 3 is 2.73 bits per heavy atom. The zero-order valence-corrected chi connectivity index (χ0v) is 11.7. The zero-order valence-electron chi connectivity index (χ0n) is 11.7. The third-order valence-electron chi connectivity index (χ3n) is 3.33. The maximum Gasteiger partial charge on any atom is 0.235 e. The SMILES string of the molecule is O=[N+]([O-])/C=C/c1ccc(OCc2ccccc2)c2[nH]ccc12. The Hall–Kier alpha value is -3.08. The molecule has 22 heavy (non-hydrogen) atoms. The topological polar surface area (TPSA) is 68.2 Å². The first-order chi connectivity index (χ1) is 10.7.